The van der Waals surface area contributed by atoms with Gasteiger partial charge in [-0.3, -0.25) is 0 Å². The van der Waals surface area contributed by atoms with Gasteiger partial charge in [-0.05, 0) is 12.1 Å². The second kappa shape index (κ2) is 8.98. The molecule has 1 aromatic heterocycles. The minimum atomic E-state index is -4.94. The van der Waals surface area contributed by atoms with Crippen LogP contribution in [0.1, 0.15) is 5.56 Å². The number of benzene rings is 2. The van der Waals surface area contributed by atoms with Crippen molar-refractivity contribution >= 4 is 27.4 Å². The maximum absolute atomic E-state index is 14.6. The Labute approximate surface area is 181 Å². The number of nitrogens with zero attached hydrogens (tertiary/aromatic N) is 3. The molecule has 0 aliphatic rings. The van der Waals surface area contributed by atoms with Gasteiger partial charge in [0.05, 0.1) is 20.8 Å². The Balaban J connectivity index is 2.19. The van der Waals surface area contributed by atoms with E-state index in [2.05, 4.69) is 9.97 Å². The van der Waals surface area contributed by atoms with Crippen molar-refractivity contribution in [1.29, 1.82) is 0 Å². The largest absolute Gasteiger partial charge is 0.497 e. The molecule has 7 nitrogen and oxygen atoms in total. The number of hydrogen-bond donors (Lipinski definition) is 0. The molecule has 164 valence electrons. The van der Waals surface area contributed by atoms with Crippen LogP contribution in [0.2, 0.25) is 5.02 Å². The summed E-state index contributed by atoms with van der Waals surface area (Å²) in [6.45, 7) is -0.430. The zero-order chi connectivity index (χ0) is 22.8. The Kier molecular flexibility index (Phi) is 6.56. The van der Waals surface area contributed by atoms with E-state index >= 15 is 0 Å². The summed E-state index contributed by atoms with van der Waals surface area (Å²) >= 11 is 5.49. The molecule has 0 aliphatic heterocycles. The van der Waals surface area contributed by atoms with Crippen LogP contribution in [0, 0.1) is 17.5 Å². The normalized spacial score (nSPS) is 11.3. The number of methoxy groups -OCH3 is 2. The number of rotatable bonds is 7. The van der Waals surface area contributed by atoms with E-state index < -0.39 is 43.9 Å². The fourth-order valence-corrected chi connectivity index (χ4v) is 4.48. The lowest BCUT2D eigenvalue weighted by Gasteiger charge is -2.25. The van der Waals surface area contributed by atoms with Gasteiger partial charge in [0, 0.05) is 30.0 Å². The molecule has 0 atom stereocenters. The average molecular weight is 474 g/mol. The smallest absolute Gasteiger partial charge is 0.271 e. The summed E-state index contributed by atoms with van der Waals surface area (Å²) in [5, 5.41) is -1.15. The van der Waals surface area contributed by atoms with Crippen molar-refractivity contribution in [1.82, 2.24) is 9.97 Å². The molecule has 3 rings (SSSR count). The van der Waals surface area contributed by atoms with E-state index in [-0.39, 0.29) is 17.6 Å². The summed E-state index contributed by atoms with van der Waals surface area (Å²) in [4.78, 5) is 6.18. The molecule has 0 fully saturated rings. The summed E-state index contributed by atoms with van der Waals surface area (Å²) in [5.41, 5.74) is 0.333. The van der Waals surface area contributed by atoms with Crippen LogP contribution in [-0.2, 0) is 16.6 Å². The van der Waals surface area contributed by atoms with Gasteiger partial charge in [0.2, 0.25) is 0 Å². The second-order valence-electron chi connectivity index (χ2n) is 6.05. The standard InChI is InChI=1S/C19H15ClF3N3O4S/c1-29-12-4-3-11(15(7-12)30-2)9-26(16-5-6-24-10-25-16)31(27,28)19-14(22)8-13(21)17(20)18(19)23/h3-8,10H,9H2,1-2H3. The third-order valence-corrected chi connectivity index (χ3v) is 6.38. The molecule has 1 heterocycles. The average Bonchev–Trinajstić information content (AvgIpc) is 2.76. The predicted molar refractivity (Wildman–Crippen MR) is 106 cm³/mol. The van der Waals surface area contributed by atoms with Crippen LogP contribution < -0.4 is 13.8 Å². The Hall–Kier alpha value is -3.05. The van der Waals surface area contributed by atoms with Crippen molar-refractivity contribution in [3.05, 3.63) is 70.9 Å². The van der Waals surface area contributed by atoms with Crippen LogP contribution in [0.3, 0.4) is 0 Å². The van der Waals surface area contributed by atoms with Crippen LogP contribution in [0.4, 0.5) is 19.0 Å². The molecule has 0 bridgehead atoms. The van der Waals surface area contributed by atoms with E-state index in [0.717, 1.165) is 6.33 Å². The molecule has 31 heavy (non-hydrogen) atoms. The van der Waals surface area contributed by atoms with Gasteiger partial charge in [-0.2, -0.15) is 0 Å². The van der Waals surface area contributed by atoms with Crippen molar-refractivity contribution in [2.45, 2.75) is 11.4 Å². The lowest BCUT2D eigenvalue weighted by molar-refractivity contribution is 0.391. The highest BCUT2D eigenvalue weighted by Gasteiger charge is 2.35. The molecule has 12 heteroatoms. The van der Waals surface area contributed by atoms with Gasteiger partial charge in [-0.25, -0.2) is 35.9 Å². The number of anilines is 1. The van der Waals surface area contributed by atoms with Crippen LogP contribution >= 0.6 is 11.6 Å². The number of ether oxygens (including phenoxy) is 2. The van der Waals surface area contributed by atoms with Gasteiger partial charge in [-0.15, -0.1) is 0 Å². The number of hydrogen-bond acceptors (Lipinski definition) is 6. The molecule has 0 spiro atoms. The van der Waals surface area contributed by atoms with Crippen LogP contribution in [0.5, 0.6) is 11.5 Å². The van der Waals surface area contributed by atoms with E-state index in [1.807, 2.05) is 0 Å². The van der Waals surface area contributed by atoms with Gasteiger partial charge in [0.15, 0.2) is 10.7 Å². The highest BCUT2D eigenvalue weighted by atomic mass is 35.5. The molecule has 2 aromatic carbocycles. The van der Waals surface area contributed by atoms with Crippen LogP contribution in [0.15, 0.2) is 47.8 Å². The van der Waals surface area contributed by atoms with Gasteiger partial charge in [-0.1, -0.05) is 11.6 Å². The van der Waals surface area contributed by atoms with E-state index in [4.69, 9.17) is 21.1 Å². The predicted octanol–water partition coefficient (Wildman–Crippen LogP) is 3.96. The van der Waals surface area contributed by atoms with Crippen LogP contribution in [-0.4, -0.2) is 32.6 Å². The van der Waals surface area contributed by atoms with Gasteiger partial charge in [0.25, 0.3) is 10.0 Å². The Morgan fingerprint density at radius 3 is 2.42 bits per heavy atom. The quantitative estimate of drug-likeness (QED) is 0.381. The molecule has 0 aliphatic carbocycles. The molecular weight excluding hydrogens is 459 g/mol. The van der Waals surface area contributed by atoms with Crippen molar-refractivity contribution in [3.8, 4) is 11.5 Å². The first kappa shape index (κ1) is 22.6. The summed E-state index contributed by atoms with van der Waals surface area (Å²) < 4.78 is 80.2. The molecule has 0 saturated carbocycles. The van der Waals surface area contributed by atoms with E-state index in [1.54, 1.807) is 6.07 Å². The fraction of sp³-hybridized carbons (Fsp3) is 0.158. The summed E-state index contributed by atoms with van der Waals surface area (Å²) in [7, 11) is -2.14. The molecule has 0 saturated heterocycles. The van der Waals surface area contributed by atoms with Crippen molar-refractivity contribution < 1.29 is 31.1 Å². The fourth-order valence-electron chi connectivity index (χ4n) is 2.75. The zero-order valence-electron chi connectivity index (χ0n) is 16.1. The third kappa shape index (κ3) is 4.37. The van der Waals surface area contributed by atoms with Gasteiger partial charge in [0.1, 0.15) is 40.3 Å². The molecule has 0 amide bonds. The monoisotopic (exact) mass is 473 g/mol. The molecular formula is C19H15ClF3N3O4S. The maximum Gasteiger partial charge on any atom is 0.271 e. The van der Waals surface area contributed by atoms with E-state index in [0.29, 0.717) is 15.6 Å². The second-order valence-corrected chi connectivity index (χ2v) is 8.23. The topological polar surface area (TPSA) is 81.6 Å². The van der Waals surface area contributed by atoms with E-state index in [9.17, 15) is 21.6 Å². The van der Waals surface area contributed by atoms with Crippen molar-refractivity contribution in [3.63, 3.8) is 0 Å². The third-order valence-electron chi connectivity index (χ3n) is 4.25. The highest BCUT2D eigenvalue weighted by molar-refractivity contribution is 7.92. The van der Waals surface area contributed by atoms with Gasteiger partial charge >= 0.3 is 0 Å². The molecule has 3 aromatic rings. The maximum atomic E-state index is 14.6. The number of halogens is 4. The Bertz CT molecular complexity index is 1210. The first-order chi connectivity index (χ1) is 14.7. The van der Waals surface area contributed by atoms with E-state index in [1.165, 1.54) is 38.6 Å². The number of sulfonamides is 1. The summed E-state index contributed by atoms with van der Waals surface area (Å²) in [6.07, 6.45) is 2.31. The first-order valence-electron chi connectivity index (χ1n) is 8.53. The first-order valence-corrected chi connectivity index (χ1v) is 10.3. The molecule has 0 N–H and O–H groups in total. The molecule has 0 radical (unpaired) electrons. The minimum Gasteiger partial charge on any atom is -0.497 e. The Morgan fingerprint density at radius 1 is 1.06 bits per heavy atom. The number of aromatic nitrogens is 2. The lowest BCUT2D eigenvalue weighted by atomic mass is 10.2. The SMILES string of the molecule is COc1ccc(CN(c2ccncn2)S(=O)(=O)c2c(F)cc(F)c(Cl)c2F)c(OC)c1. The highest BCUT2D eigenvalue weighted by Crippen LogP contribution is 2.34. The zero-order valence-corrected chi connectivity index (χ0v) is 17.7. The Morgan fingerprint density at radius 2 is 1.81 bits per heavy atom. The summed E-state index contributed by atoms with van der Waals surface area (Å²) in [6, 6.07) is 6.01. The van der Waals surface area contributed by atoms with Crippen molar-refractivity contribution in [2.75, 3.05) is 18.5 Å². The summed E-state index contributed by atoms with van der Waals surface area (Å²) in [5.74, 6) is -4.31. The van der Waals surface area contributed by atoms with Crippen molar-refractivity contribution in [2.24, 2.45) is 0 Å². The molecule has 0 unspecified atom stereocenters. The minimum absolute atomic E-state index is 0.188. The van der Waals surface area contributed by atoms with Crippen LogP contribution in [0.25, 0.3) is 0 Å². The lowest BCUT2D eigenvalue weighted by Crippen LogP contribution is -2.33. The van der Waals surface area contributed by atoms with Gasteiger partial charge < -0.3 is 9.47 Å².